The molecule has 1 N–H and O–H groups in total. The highest BCUT2D eigenvalue weighted by atomic mass is 35.5. The van der Waals surface area contributed by atoms with Crippen molar-refractivity contribution in [3.8, 4) is 0 Å². The second kappa shape index (κ2) is 11.9. The molecule has 4 rings (SSSR count). The van der Waals surface area contributed by atoms with Crippen LogP contribution in [0.5, 0.6) is 0 Å². The van der Waals surface area contributed by atoms with Crippen molar-refractivity contribution in [1.29, 1.82) is 0 Å². The zero-order valence-electron chi connectivity index (χ0n) is 24.0. The number of halogens is 1. The van der Waals surface area contributed by atoms with E-state index >= 15 is 0 Å². The molecule has 0 unspecified atom stereocenters. The molecule has 218 valence electrons. The number of carbonyl (C=O) groups excluding carboxylic acids is 2. The number of ether oxygens (including phenoxy) is 2. The molecular weight excluding hydrogens is 534 g/mol. The maximum atomic E-state index is 14.4. The zero-order chi connectivity index (χ0) is 29.2. The van der Waals surface area contributed by atoms with Crippen molar-refractivity contribution >= 4 is 23.6 Å². The lowest BCUT2D eigenvalue weighted by Gasteiger charge is -2.45. The van der Waals surface area contributed by atoms with Crippen LogP contribution in [-0.2, 0) is 39.9 Å². The predicted molar refractivity (Wildman–Crippen MR) is 152 cm³/mol. The van der Waals surface area contributed by atoms with E-state index < -0.39 is 23.2 Å². The molecule has 2 fully saturated rings. The van der Waals surface area contributed by atoms with Gasteiger partial charge in [-0.15, -0.1) is 0 Å². The molecule has 2 aromatic rings. The van der Waals surface area contributed by atoms with E-state index in [4.69, 9.17) is 21.1 Å². The highest BCUT2D eigenvalue weighted by Crippen LogP contribution is 2.41. The Kier molecular flexibility index (Phi) is 8.97. The van der Waals surface area contributed by atoms with Crippen LogP contribution >= 0.6 is 11.6 Å². The van der Waals surface area contributed by atoms with Crippen molar-refractivity contribution in [2.24, 2.45) is 13.0 Å². The smallest absolute Gasteiger partial charge is 0.410 e. The van der Waals surface area contributed by atoms with Crippen molar-refractivity contribution in [2.75, 3.05) is 26.8 Å². The Hall–Kier alpha value is -2.88. The molecule has 1 aromatic heterocycles. The maximum Gasteiger partial charge on any atom is 0.410 e. The van der Waals surface area contributed by atoms with Crippen LogP contribution in [0.25, 0.3) is 0 Å². The van der Waals surface area contributed by atoms with E-state index in [-0.39, 0.29) is 43.6 Å². The van der Waals surface area contributed by atoms with Crippen molar-refractivity contribution in [3.05, 3.63) is 68.6 Å². The van der Waals surface area contributed by atoms with E-state index in [1.54, 1.807) is 52.1 Å². The summed E-state index contributed by atoms with van der Waals surface area (Å²) in [6, 6.07) is 8.83. The summed E-state index contributed by atoms with van der Waals surface area (Å²) in [4.78, 5) is 43.2. The number of aliphatic hydroxyl groups is 1. The summed E-state index contributed by atoms with van der Waals surface area (Å²) in [5.74, 6) is -1.28. The second-order valence-corrected chi connectivity index (χ2v) is 12.3. The first-order valence-corrected chi connectivity index (χ1v) is 14.1. The Balaban J connectivity index is 1.68. The van der Waals surface area contributed by atoms with Crippen LogP contribution in [0.4, 0.5) is 4.79 Å². The molecule has 9 nitrogen and oxygen atoms in total. The van der Waals surface area contributed by atoms with Gasteiger partial charge in [0.25, 0.3) is 5.56 Å². The van der Waals surface area contributed by atoms with E-state index in [2.05, 4.69) is 0 Å². The van der Waals surface area contributed by atoms with E-state index in [0.29, 0.717) is 23.6 Å². The Morgan fingerprint density at radius 3 is 2.55 bits per heavy atom. The number of nitrogens with zero attached hydrogens (tertiary/aromatic N) is 3. The summed E-state index contributed by atoms with van der Waals surface area (Å²) < 4.78 is 12.2. The third-order valence-electron chi connectivity index (χ3n) is 7.61. The van der Waals surface area contributed by atoms with Crippen LogP contribution in [0.3, 0.4) is 0 Å². The fourth-order valence-corrected chi connectivity index (χ4v) is 5.34. The van der Waals surface area contributed by atoms with Crippen molar-refractivity contribution in [1.82, 2.24) is 14.4 Å². The number of carbonyl (C=O) groups is 2. The SMILES string of the molecule is COCCc1ccc(Cl)c(CN(C(=O)[C@H]2CN(C(=O)OC(C)(C)C)CC[C@@]2(O)c2ccn(C)c(=O)c2)C2CC2)c1. The molecule has 1 saturated heterocycles. The lowest BCUT2D eigenvalue weighted by molar-refractivity contribution is -0.155. The van der Waals surface area contributed by atoms with Gasteiger partial charge in [-0.05, 0) is 75.3 Å². The van der Waals surface area contributed by atoms with Gasteiger partial charge in [-0.3, -0.25) is 9.59 Å². The lowest BCUT2D eigenvalue weighted by Crippen LogP contribution is -2.58. The molecule has 1 aliphatic carbocycles. The third kappa shape index (κ3) is 6.87. The molecule has 0 radical (unpaired) electrons. The molecule has 10 heteroatoms. The number of piperidine rings is 1. The van der Waals surface area contributed by atoms with Crippen LogP contribution in [-0.4, -0.2) is 69.9 Å². The molecule has 0 spiro atoms. The van der Waals surface area contributed by atoms with Gasteiger partial charge in [0.05, 0.1) is 12.5 Å². The van der Waals surface area contributed by atoms with Gasteiger partial charge in [0, 0.05) is 57.1 Å². The number of pyridine rings is 1. The summed E-state index contributed by atoms with van der Waals surface area (Å²) in [5.41, 5.74) is -0.401. The summed E-state index contributed by atoms with van der Waals surface area (Å²) in [7, 11) is 3.28. The number of methoxy groups -OCH3 is 1. The number of hydrogen-bond donors (Lipinski definition) is 1. The second-order valence-electron chi connectivity index (χ2n) is 11.9. The van der Waals surface area contributed by atoms with E-state index in [0.717, 1.165) is 24.0 Å². The Morgan fingerprint density at radius 1 is 1.20 bits per heavy atom. The molecule has 2 atom stereocenters. The van der Waals surface area contributed by atoms with E-state index in [9.17, 15) is 19.5 Å². The first-order chi connectivity index (χ1) is 18.8. The average Bonchev–Trinajstić information content (AvgIpc) is 3.73. The normalized spacial score (nSPS) is 21.3. The van der Waals surface area contributed by atoms with Gasteiger partial charge in [-0.25, -0.2) is 4.79 Å². The third-order valence-corrected chi connectivity index (χ3v) is 7.98. The Labute approximate surface area is 240 Å². The average molecular weight is 574 g/mol. The van der Waals surface area contributed by atoms with Gasteiger partial charge >= 0.3 is 6.09 Å². The molecule has 1 aliphatic heterocycles. The molecule has 2 heterocycles. The number of rotatable bonds is 8. The number of likely N-dealkylation sites (tertiary alicyclic amines) is 1. The first kappa shape index (κ1) is 30.1. The predicted octanol–water partition coefficient (Wildman–Crippen LogP) is 3.86. The summed E-state index contributed by atoms with van der Waals surface area (Å²) in [6.07, 6.45) is 3.54. The number of aromatic nitrogens is 1. The van der Waals surface area contributed by atoms with Crippen LogP contribution < -0.4 is 5.56 Å². The quantitative estimate of drug-likeness (QED) is 0.514. The molecular formula is C30H40ClN3O6. The number of aryl methyl sites for hydroxylation is 1. The van der Waals surface area contributed by atoms with Gasteiger partial charge in [0.2, 0.25) is 5.91 Å². The highest BCUT2D eigenvalue weighted by molar-refractivity contribution is 6.31. The fourth-order valence-electron chi connectivity index (χ4n) is 5.16. The molecule has 40 heavy (non-hydrogen) atoms. The number of hydrogen-bond acceptors (Lipinski definition) is 6. The number of benzene rings is 1. The minimum Gasteiger partial charge on any atom is -0.444 e. The van der Waals surface area contributed by atoms with Gasteiger partial charge in [0.1, 0.15) is 11.2 Å². The van der Waals surface area contributed by atoms with Gasteiger partial charge in [0.15, 0.2) is 0 Å². The van der Waals surface area contributed by atoms with Gasteiger partial charge in [-0.1, -0.05) is 23.7 Å². The van der Waals surface area contributed by atoms with Crippen molar-refractivity contribution in [3.63, 3.8) is 0 Å². The van der Waals surface area contributed by atoms with Crippen molar-refractivity contribution < 1.29 is 24.2 Å². The molecule has 1 aromatic carbocycles. The molecule has 2 amide bonds. The minimum atomic E-state index is -1.64. The fraction of sp³-hybridized carbons (Fsp3) is 0.567. The lowest BCUT2D eigenvalue weighted by atomic mass is 9.75. The zero-order valence-corrected chi connectivity index (χ0v) is 24.7. The highest BCUT2D eigenvalue weighted by Gasteiger charge is 2.51. The van der Waals surface area contributed by atoms with Gasteiger partial charge < -0.3 is 28.9 Å². The Bertz CT molecular complexity index is 1300. The standard InChI is InChI=1S/C30H40ClN3O6/c1-29(2,3)40-28(37)33-14-12-30(38,22-10-13-32(4)26(35)17-22)24(19-33)27(36)34(23-7-8-23)18-21-16-20(11-15-39-5)6-9-25(21)31/h6,9-10,13,16-17,23-24,38H,7-8,11-12,14-15,18-19H2,1-5H3/t24-,30-/m1/s1. The van der Waals surface area contributed by atoms with Crippen LogP contribution in [0.2, 0.25) is 5.02 Å². The van der Waals surface area contributed by atoms with Crippen LogP contribution in [0, 0.1) is 5.92 Å². The largest absolute Gasteiger partial charge is 0.444 e. The molecule has 0 bridgehead atoms. The number of amides is 2. The van der Waals surface area contributed by atoms with E-state index in [1.807, 2.05) is 18.2 Å². The van der Waals surface area contributed by atoms with Crippen LogP contribution in [0.15, 0.2) is 41.3 Å². The minimum absolute atomic E-state index is 0.0102. The Morgan fingerprint density at radius 2 is 1.93 bits per heavy atom. The summed E-state index contributed by atoms with van der Waals surface area (Å²) in [6.45, 7) is 6.34. The van der Waals surface area contributed by atoms with E-state index in [1.165, 1.54) is 15.5 Å². The summed E-state index contributed by atoms with van der Waals surface area (Å²) in [5, 5.41) is 12.7. The summed E-state index contributed by atoms with van der Waals surface area (Å²) >= 11 is 6.58. The van der Waals surface area contributed by atoms with Gasteiger partial charge in [-0.2, -0.15) is 0 Å². The first-order valence-electron chi connectivity index (χ1n) is 13.8. The molecule has 1 saturated carbocycles. The van der Waals surface area contributed by atoms with Crippen LogP contribution in [0.1, 0.15) is 56.7 Å². The molecule has 2 aliphatic rings. The maximum absolute atomic E-state index is 14.4. The monoisotopic (exact) mass is 573 g/mol. The topological polar surface area (TPSA) is 101 Å². The van der Waals surface area contributed by atoms with Crippen molar-refractivity contribution in [2.45, 2.75) is 70.2 Å².